The maximum atomic E-state index is 13.8. The highest BCUT2D eigenvalue weighted by atomic mass is 32.2. The molecular formula is C16H23FN2OS. The van der Waals surface area contributed by atoms with Gasteiger partial charge in [-0.2, -0.15) is 0 Å². The fraction of sp³-hybridized carbons (Fsp3) is 0.562. The van der Waals surface area contributed by atoms with E-state index in [-0.39, 0.29) is 17.8 Å². The van der Waals surface area contributed by atoms with E-state index in [1.807, 2.05) is 6.92 Å². The van der Waals surface area contributed by atoms with E-state index in [1.165, 1.54) is 6.07 Å². The SMILES string of the molecule is CC(c1ccccc1F)N(C)C(=O)CSC1CCNCC1. The number of nitrogens with zero attached hydrogens (tertiary/aromatic N) is 1. The first-order valence-electron chi connectivity index (χ1n) is 7.42. The minimum absolute atomic E-state index is 0.0642. The van der Waals surface area contributed by atoms with Crippen molar-refractivity contribution in [2.24, 2.45) is 0 Å². The first-order chi connectivity index (χ1) is 10.1. The third-order valence-electron chi connectivity index (χ3n) is 4.06. The Morgan fingerprint density at radius 2 is 2.10 bits per heavy atom. The predicted molar refractivity (Wildman–Crippen MR) is 85.9 cm³/mol. The molecule has 0 aliphatic carbocycles. The zero-order valence-electron chi connectivity index (χ0n) is 12.6. The lowest BCUT2D eigenvalue weighted by molar-refractivity contribution is -0.129. The summed E-state index contributed by atoms with van der Waals surface area (Å²) < 4.78 is 13.8. The topological polar surface area (TPSA) is 32.3 Å². The summed E-state index contributed by atoms with van der Waals surface area (Å²) in [6.07, 6.45) is 2.23. The molecule has 1 fully saturated rings. The molecule has 1 aliphatic heterocycles. The predicted octanol–water partition coefficient (Wildman–Crippen LogP) is 2.83. The van der Waals surface area contributed by atoms with Crippen molar-refractivity contribution in [2.45, 2.75) is 31.1 Å². The second-order valence-corrected chi connectivity index (χ2v) is 6.75. The van der Waals surface area contributed by atoms with Crippen LogP contribution in [0.3, 0.4) is 0 Å². The highest BCUT2D eigenvalue weighted by molar-refractivity contribution is 8.00. The zero-order chi connectivity index (χ0) is 15.2. The Morgan fingerprint density at radius 3 is 2.76 bits per heavy atom. The van der Waals surface area contributed by atoms with Gasteiger partial charge in [-0.05, 0) is 38.9 Å². The molecule has 1 aliphatic rings. The van der Waals surface area contributed by atoms with E-state index in [1.54, 1.807) is 41.9 Å². The Hall–Kier alpha value is -1.07. The van der Waals surface area contributed by atoms with E-state index >= 15 is 0 Å². The number of benzene rings is 1. The molecule has 21 heavy (non-hydrogen) atoms. The molecule has 1 N–H and O–H groups in total. The molecule has 1 unspecified atom stereocenters. The summed E-state index contributed by atoms with van der Waals surface area (Å²) in [6.45, 7) is 3.94. The van der Waals surface area contributed by atoms with Crippen molar-refractivity contribution in [2.75, 3.05) is 25.9 Å². The maximum Gasteiger partial charge on any atom is 0.232 e. The molecule has 0 spiro atoms. The van der Waals surface area contributed by atoms with Crippen molar-refractivity contribution in [1.29, 1.82) is 0 Å². The van der Waals surface area contributed by atoms with Gasteiger partial charge in [-0.25, -0.2) is 4.39 Å². The number of carbonyl (C=O) groups excluding carboxylic acids is 1. The molecule has 5 heteroatoms. The van der Waals surface area contributed by atoms with Crippen LogP contribution in [-0.4, -0.2) is 41.9 Å². The number of rotatable bonds is 5. The Kier molecular flexibility index (Phi) is 6.06. The molecule has 0 radical (unpaired) electrons. The Labute approximate surface area is 130 Å². The van der Waals surface area contributed by atoms with Crippen LogP contribution in [0, 0.1) is 5.82 Å². The first kappa shape index (κ1) is 16.3. The van der Waals surface area contributed by atoms with Crippen LogP contribution in [-0.2, 0) is 4.79 Å². The summed E-state index contributed by atoms with van der Waals surface area (Å²) in [5, 5.41) is 3.88. The van der Waals surface area contributed by atoms with Crippen LogP contribution >= 0.6 is 11.8 Å². The number of amides is 1. The smallest absolute Gasteiger partial charge is 0.232 e. The van der Waals surface area contributed by atoms with Crippen molar-refractivity contribution in [3.63, 3.8) is 0 Å². The molecule has 0 saturated carbocycles. The van der Waals surface area contributed by atoms with Gasteiger partial charge in [-0.1, -0.05) is 18.2 Å². The molecule has 2 rings (SSSR count). The number of carbonyl (C=O) groups is 1. The van der Waals surface area contributed by atoms with E-state index in [0.717, 1.165) is 25.9 Å². The average molecular weight is 310 g/mol. The highest BCUT2D eigenvalue weighted by Crippen LogP contribution is 2.24. The van der Waals surface area contributed by atoms with E-state index in [4.69, 9.17) is 0 Å². The maximum absolute atomic E-state index is 13.8. The van der Waals surface area contributed by atoms with E-state index in [2.05, 4.69) is 5.32 Å². The normalized spacial score (nSPS) is 17.5. The van der Waals surface area contributed by atoms with Crippen LogP contribution in [0.2, 0.25) is 0 Å². The van der Waals surface area contributed by atoms with Crippen molar-refractivity contribution in [3.8, 4) is 0 Å². The molecule has 1 atom stereocenters. The molecular weight excluding hydrogens is 287 g/mol. The van der Waals surface area contributed by atoms with Gasteiger partial charge in [-0.15, -0.1) is 11.8 Å². The molecule has 0 bridgehead atoms. The monoisotopic (exact) mass is 310 g/mol. The standard InChI is InChI=1S/C16H23FN2OS/c1-12(14-5-3-4-6-15(14)17)19(2)16(20)11-21-13-7-9-18-10-8-13/h3-6,12-13,18H,7-11H2,1-2H3. The van der Waals surface area contributed by atoms with Gasteiger partial charge < -0.3 is 10.2 Å². The van der Waals surface area contributed by atoms with Gasteiger partial charge in [0.05, 0.1) is 11.8 Å². The Balaban J connectivity index is 1.88. The third kappa shape index (κ3) is 4.45. The van der Waals surface area contributed by atoms with Gasteiger partial charge in [0.25, 0.3) is 0 Å². The lowest BCUT2D eigenvalue weighted by Gasteiger charge is -2.27. The van der Waals surface area contributed by atoms with Crippen molar-refractivity contribution >= 4 is 17.7 Å². The van der Waals surface area contributed by atoms with Gasteiger partial charge in [0, 0.05) is 17.9 Å². The minimum atomic E-state index is -0.254. The van der Waals surface area contributed by atoms with Crippen molar-refractivity contribution < 1.29 is 9.18 Å². The average Bonchev–Trinajstić information content (AvgIpc) is 2.52. The van der Waals surface area contributed by atoms with Crippen molar-refractivity contribution in [1.82, 2.24) is 10.2 Å². The molecule has 3 nitrogen and oxygen atoms in total. The quantitative estimate of drug-likeness (QED) is 0.907. The number of piperidine rings is 1. The number of hydrogen-bond donors (Lipinski definition) is 1. The van der Waals surface area contributed by atoms with Gasteiger partial charge in [-0.3, -0.25) is 4.79 Å². The highest BCUT2D eigenvalue weighted by Gasteiger charge is 2.21. The third-order valence-corrected chi connectivity index (χ3v) is 5.41. The molecule has 1 aromatic rings. The van der Waals surface area contributed by atoms with E-state index in [0.29, 0.717) is 16.6 Å². The van der Waals surface area contributed by atoms with Crippen LogP contribution in [0.4, 0.5) is 4.39 Å². The zero-order valence-corrected chi connectivity index (χ0v) is 13.5. The number of halogens is 1. The largest absolute Gasteiger partial charge is 0.338 e. The molecule has 116 valence electrons. The first-order valence-corrected chi connectivity index (χ1v) is 8.47. The molecule has 0 aromatic heterocycles. The van der Waals surface area contributed by atoms with Gasteiger partial charge in [0.1, 0.15) is 5.82 Å². The fourth-order valence-electron chi connectivity index (χ4n) is 2.49. The van der Waals surface area contributed by atoms with Gasteiger partial charge in [0.15, 0.2) is 0 Å². The summed E-state index contributed by atoms with van der Waals surface area (Å²) in [5.74, 6) is 0.282. The van der Waals surface area contributed by atoms with Gasteiger partial charge in [0.2, 0.25) is 5.91 Å². The minimum Gasteiger partial charge on any atom is -0.338 e. The lowest BCUT2D eigenvalue weighted by atomic mass is 10.1. The van der Waals surface area contributed by atoms with Crippen LogP contribution in [0.5, 0.6) is 0 Å². The fourth-order valence-corrected chi connectivity index (χ4v) is 3.64. The van der Waals surface area contributed by atoms with Crippen LogP contribution < -0.4 is 5.32 Å². The number of nitrogens with one attached hydrogen (secondary N) is 1. The molecule has 1 aromatic carbocycles. The number of hydrogen-bond acceptors (Lipinski definition) is 3. The summed E-state index contributed by atoms with van der Waals surface area (Å²) in [6, 6.07) is 6.40. The lowest BCUT2D eigenvalue weighted by Crippen LogP contribution is -2.33. The van der Waals surface area contributed by atoms with Gasteiger partial charge >= 0.3 is 0 Å². The van der Waals surface area contributed by atoms with E-state index in [9.17, 15) is 9.18 Å². The molecule has 1 saturated heterocycles. The second-order valence-electron chi connectivity index (χ2n) is 5.46. The van der Waals surface area contributed by atoms with Crippen LogP contribution in [0.1, 0.15) is 31.4 Å². The van der Waals surface area contributed by atoms with E-state index < -0.39 is 0 Å². The van der Waals surface area contributed by atoms with Crippen LogP contribution in [0.25, 0.3) is 0 Å². The molecule has 1 heterocycles. The summed E-state index contributed by atoms with van der Waals surface area (Å²) in [4.78, 5) is 13.9. The Morgan fingerprint density at radius 1 is 1.43 bits per heavy atom. The molecule has 1 amide bonds. The second kappa shape index (κ2) is 7.80. The van der Waals surface area contributed by atoms with Crippen LogP contribution in [0.15, 0.2) is 24.3 Å². The number of thioether (sulfide) groups is 1. The summed E-state index contributed by atoms with van der Waals surface area (Å²) in [5.41, 5.74) is 0.570. The summed E-state index contributed by atoms with van der Waals surface area (Å²) >= 11 is 1.73. The van der Waals surface area contributed by atoms with Crippen molar-refractivity contribution in [3.05, 3.63) is 35.6 Å². The Bertz CT molecular complexity index is 477. The summed E-state index contributed by atoms with van der Waals surface area (Å²) in [7, 11) is 1.75.